The molecule has 0 saturated heterocycles. The first-order valence-electron chi connectivity index (χ1n) is 6.31. The molecule has 0 aliphatic heterocycles. The maximum absolute atomic E-state index is 3.63. The van der Waals surface area contributed by atoms with Gasteiger partial charge in [-0.3, -0.25) is 0 Å². The molecule has 0 aliphatic rings. The van der Waals surface area contributed by atoms with Crippen molar-refractivity contribution in [2.45, 2.75) is 47.1 Å². The number of hydrogen-bond acceptors (Lipinski definition) is 1. The van der Waals surface area contributed by atoms with Crippen LogP contribution in [0, 0.1) is 12.3 Å². The molecule has 0 spiro atoms. The van der Waals surface area contributed by atoms with Crippen LogP contribution in [-0.4, -0.2) is 6.54 Å². The fourth-order valence-electron chi connectivity index (χ4n) is 2.13. The maximum atomic E-state index is 3.63. The molecule has 0 amide bonds. The number of nitrogens with one attached hydrogen (secondary N) is 1. The molecule has 90 valence electrons. The minimum Gasteiger partial charge on any atom is -0.310 e. The summed E-state index contributed by atoms with van der Waals surface area (Å²) in [6.45, 7) is 12.3. The molecular formula is C15H25N. The van der Waals surface area contributed by atoms with E-state index < -0.39 is 0 Å². The van der Waals surface area contributed by atoms with Gasteiger partial charge in [0.15, 0.2) is 0 Å². The van der Waals surface area contributed by atoms with Crippen molar-refractivity contribution in [2.24, 2.45) is 5.41 Å². The molecule has 0 aliphatic carbocycles. The van der Waals surface area contributed by atoms with Crippen LogP contribution < -0.4 is 5.32 Å². The highest BCUT2D eigenvalue weighted by Gasteiger charge is 2.29. The lowest BCUT2D eigenvalue weighted by molar-refractivity contribution is 0.236. The number of benzene rings is 1. The summed E-state index contributed by atoms with van der Waals surface area (Å²) in [4.78, 5) is 0. The average Bonchev–Trinajstić information content (AvgIpc) is 2.27. The van der Waals surface area contributed by atoms with Gasteiger partial charge in [-0.25, -0.2) is 0 Å². The monoisotopic (exact) mass is 219 g/mol. The van der Waals surface area contributed by atoms with Crippen LogP contribution in [0.2, 0.25) is 0 Å². The van der Waals surface area contributed by atoms with Gasteiger partial charge in [0.1, 0.15) is 0 Å². The van der Waals surface area contributed by atoms with Crippen LogP contribution in [0.1, 0.15) is 51.3 Å². The van der Waals surface area contributed by atoms with E-state index in [-0.39, 0.29) is 0 Å². The largest absolute Gasteiger partial charge is 0.310 e. The molecule has 1 rings (SSSR count). The summed E-state index contributed by atoms with van der Waals surface area (Å²) in [5.41, 5.74) is 3.12. The first kappa shape index (κ1) is 13.2. The Morgan fingerprint density at radius 2 is 1.81 bits per heavy atom. The molecule has 0 bridgehead atoms. The molecule has 1 aromatic rings. The first-order chi connectivity index (χ1) is 7.53. The molecule has 1 N–H and O–H groups in total. The van der Waals surface area contributed by atoms with Crippen molar-refractivity contribution in [1.29, 1.82) is 0 Å². The summed E-state index contributed by atoms with van der Waals surface area (Å²) in [5, 5.41) is 3.63. The zero-order valence-corrected chi connectivity index (χ0v) is 11.3. The lowest BCUT2D eigenvalue weighted by Gasteiger charge is -2.35. The summed E-state index contributed by atoms with van der Waals surface area (Å²) in [7, 11) is 0. The van der Waals surface area contributed by atoms with E-state index in [4.69, 9.17) is 0 Å². The van der Waals surface area contributed by atoms with Gasteiger partial charge in [-0.2, -0.15) is 0 Å². The molecule has 1 heteroatoms. The van der Waals surface area contributed by atoms with Crippen molar-refractivity contribution in [3.63, 3.8) is 0 Å². The van der Waals surface area contributed by atoms with Gasteiger partial charge in [0.05, 0.1) is 0 Å². The highest BCUT2D eigenvalue weighted by Crippen LogP contribution is 2.37. The van der Waals surface area contributed by atoms with E-state index in [0.29, 0.717) is 11.5 Å². The van der Waals surface area contributed by atoms with Crippen molar-refractivity contribution < 1.29 is 0 Å². The van der Waals surface area contributed by atoms with Gasteiger partial charge in [0, 0.05) is 6.04 Å². The van der Waals surface area contributed by atoms with Gasteiger partial charge in [-0.1, -0.05) is 52.0 Å². The second kappa shape index (κ2) is 5.49. The van der Waals surface area contributed by atoms with Gasteiger partial charge in [-0.05, 0) is 36.4 Å². The van der Waals surface area contributed by atoms with Crippen molar-refractivity contribution in [2.75, 3.05) is 6.54 Å². The molecule has 1 atom stereocenters. The summed E-state index contributed by atoms with van der Waals surface area (Å²) < 4.78 is 0. The predicted molar refractivity (Wildman–Crippen MR) is 71.7 cm³/mol. The highest BCUT2D eigenvalue weighted by atomic mass is 14.9. The maximum Gasteiger partial charge on any atom is 0.0374 e. The van der Waals surface area contributed by atoms with E-state index in [1.54, 1.807) is 0 Å². The van der Waals surface area contributed by atoms with E-state index in [2.05, 4.69) is 64.2 Å². The Labute approximate surface area is 100 Å². The van der Waals surface area contributed by atoms with Gasteiger partial charge < -0.3 is 5.32 Å². The predicted octanol–water partition coefficient (Wildman–Crippen LogP) is 4.08. The number of hydrogen-bond donors (Lipinski definition) is 1. The van der Waals surface area contributed by atoms with E-state index in [9.17, 15) is 0 Å². The van der Waals surface area contributed by atoms with E-state index in [1.807, 2.05) is 0 Å². The molecule has 16 heavy (non-hydrogen) atoms. The SMILES string of the molecule is CCNC(c1ccccc1C)C(C)(C)CC. The van der Waals surface area contributed by atoms with Crippen molar-refractivity contribution in [3.05, 3.63) is 35.4 Å². The fraction of sp³-hybridized carbons (Fsp3) is 0.600. The topological polar surface area (TPSA) is 12.0 Å². The van der Waals surface area contributed by atoms with Crippen LogP contribution in [0.4, 0.5) is 0 Å². The van der Waals surface area contributed by atoms with Crippen LogP contribution in [0.3, 0.4) is 0 Å². The Morgan fingerprint density at radius 3 is 2.31 bits per heavy atom. The lowest BCUT2D eigenvalue weighted by atomic mass is 9.77. The van der Waals surface area contributed by atoms with Crippen molar-refractivity contribution in [1.82, 2.24) is 5.32 Å². The second-order valence-electron chi connectivity index (χ2n) is 5.19. The van der Waals surface area contributed by atoms with Crippen LogP contribution in [0.5, 0.6) is 0 Å². The Kier molecular flexibility index (Phi) is 4.55. The molecule has 0 radical (unpaired) electrons. The van der Waals surface area contributed by atoms with Crippen LogP contribution >= 0.6 is 0 Å². The van der Waals surface area contributed by atoms with E-state index >= 15 is 0 Å². The van der Waals surface area contributed by atoms with E-state index in [0.717, 1.165) is 6.54 Å². The zero-order valence-electron chi connectivity index (χ0n) is 11.3. The number of rotatable bonds is 5. The third-order valence-corrected chi connectivity index (χ3v) is 3.60. The summed E-state index contributed by atoms with van der Waals surface area (Å²) in [6, 6.07) is 9.15. The lowest BCUT2D eigenvalue weighted by Crippen LogP contribution is -2.34. The summed E-state index contributed by atoms with van der Waals surface area (Å²) >= 11 is 0. The molecule has 0 aromatic heterocycles. The van der Waals surface area contributed by atoms with Crippen molar-refractivity contribution in [3.8, 4) is 0 Å². The third-order valence-electron chi connectivity index (χ3n) is 3.60. The molecule has 0 heterocycles. The molecule has 1 nitrogen and oxygen atoms in total. The number of aryl methyl sites for hydroxylation is 1. The van der Waals surface area contributed by atoms with Gasteiger partial charge in [-0.15, -0.1) is 0 Å². The standard InChI is InChI=1S/C15H25N/c1-6-15(4,5)14(16-7-2)13-11-9-8-10-12(13)3/h8-11,14,16H,6-7H2,1-5H3. The smallest absolute Gasteiger partial charge is 0.0374 e. The van der Waals surface area contributed by atoms with Crippen molar-refractivity contribution >= 4 is 0 Å². The minimum atomic E-state index is 0.294. The molecule has 0 fully saturated rings. The highest BCUT2D eigenvalue weighted by molar-refractivity contribution is 5.30. The third kappa shape index (κ3) is 2.85. The summed E-state index contributed by atoms with van der Waals surface area (Å²) in [6.07, 6.45) is 1.18. The second-order valence-corrected chi connectivity index (χ2v) is 5.19. The quantitative estimate of drug-likeness (QED) is 0.786. The normalized spacial score (nSPS) is 13.8. The zero-order chi connectivity index (χ0) is 12.2. The van der Waals surface area contributed by atoms with Crippen LogP contribution in [0.15, 0.2) is 24.3 Å². The van der Waals surface area contributed by atoms with Crippen LogP contribution in [-0.2, 0) is 0 Å². The van der Waals surface area contributed by atoms with Gasteiger partial charge in [0.2, 0.25) is 0 Å². The summed E-state index contributed by atoms with van der Waals surface area (Å²) in [5.74, 6) is 0. The molecule has 0 saturated carbocycles. The van der Waals surface area contributed by atoms with E-state index in [1.165, 1.54) is 17.5 Å². The molecule has 1 unspecified atom stereocenters. The van der Waals surface area contributed by atoms with Crippen LogP contribution in [0.25, 0.3) is 0 Å². The molecule has 1 aromatic carbocycles. The average molecular weight is 219 g/mol. The fourth-order valence-corrected chi connectivity index (χ4v) is 2.13. The Balaban J connectivity index is 3.08. The van der Waals surface area contributed by atoms with Gasteiger partial charge in [0.25, 0.3) is 0 Å². The Morgan fingerprint density at radius 1 is 1.19 bits per heavy atom. The minimum absolute atomic E-state index is 0.294. The Hall–Kier alpha value is -0.820. The van der Waals surface area contributed by atoms with Gasteiger partial charge >= 0.3 is 0 Å². The Bertz CT molecular complexity index is 328. The molecular weight excluding hydrogens is 194 g/mol. The first-order valence-corrected chi connectivity index (χ1v) is 6.31.